The molecule has 0 unspecified atom stereocenters. The highest BCUT2D eigenvalue weighted by molar-refractivity contribution is 6.30. The topological polar surface area (TPSA) is 38.7 Å². The Morgan fingerprint density at radius 3 is 2.71 bits per heavy atom. The van der Waals surface area contributed by atoms with Crippen LogP contribution in [0, 0.1) is 5.82 Å². The molecule has 5 heteroatoms. The SMILES string of the molecule is COc1ccc(Cl)c(F)c1C1(N=C=O)CCC1. The van der Waals surface area contributed by atoms with E-state index in [1.165, 1.54) is 19.3 Å². The lowest BCUT2D eigenvalue weighted by Crippen LogP contribution is -2.33. The van der Waals surface area contributed by atoms with Gasteiger partial charge in [0.25, 0.3) is 0 Å². The Kier molecular flexibility index (Phi) is 3.18. The Labute approximate surface area is 103 Å². The number of rotatable bonds is 3. The number of hydrogen-bond donors (Lipinski definition) is 0. The fourth-order valence-corrected chi connectivity index (χ4v) is 2.31. The fourth-order valence-electron chi connectivity index (χ4n) is 2.15. The summed E-state index contributed by atoms with van der Waals surface area (Å²) in [6, 6.07) is 3.01. The Morgan fingerprint density at radius 2 is 2.24 bits per heavy atom. The van der Waals surface area contributed by atoms with Crippen LogP contribution < -0.4 is 4.74 Å². The van der Waals surface area contributed by atoms with Gasteiger partial charge in [-0.25, -0.2) is 9.18 Å². The van der Waals surface area contributed by atoms with Crippen LogP contribution in [0.5, 0.6) is 5.75 Å². The van der Waals surface area contributed by atoms with Crippen LogP contribution in [0.4, 0.5) is 4.39 Å². The van der Waals surface area contributed by atoms with Gasteiger partial charge in [0.05, 0.1) is 17.7 Å². The number of carbonyl (C=O) groups excluding carboxylic acids is 1. The number of halogens is 2. The average Bonchev–Trinajstić information content (AvgIpc) is 2.28. The normalized spacial score (nSPS) is 16.9. The quantitative estimate of drug-likeness (QED) is 0.615. The van der Waals surface area contributed by atoms with E-state index in [2.05, 4.69) is 4.99 Å². The van der Waals surface area contributed by atoms with E-state index in [1.807, 2.05) is 0 Å². The predicted molar refractivity (Wildman–Crippen MR) is 61.6 cm³/mol. The van der Waals surface area contributed by atoms with Crippen molar-refractivity contribution in [1.82, 2.24) is 0 Å². The van der Waals surface area contributed by atoms with E-state index in [0.29, 0.717) is 18.6 Å². The molecule has 1 fully saturated rings. The van der Waals surface area contributed by atoms with Crippen LogP contribution in [0.1, 0.15) is 24.8 Å². The minimum Gasteiger partial charge on any atom is -0.496 e. The van der Waals surface area contributed by atoms with Gasteiger partial charge >= 0.3 is 0 Å². The second-order valence-corrected chi connectivity index (χ2v) is 4.43. The largest absolute Gasteiger partial charge is 0.496 e. The maximum Gasteiger partial charge on any atom is 0.235 e. The van der Waals surface area contributed by atoms with Crippen LogP contribution in [0.25, 0.3) is 0 Å². The van der Waals surface area contributed by atoms with E-state index in [1.54, 1.807) is 6.07 Å². The summed E-state index contributed by atoms with van der Waals surface area (Å²) in [4.78, 5) is 14.3. The van der Waals surface area contributed by atoms with Crippen LogP contribution >= 0.6 is 11.6 Å². The van der Waals surface area contributed by atoms with Crippen molar-refractivity contribution in [2.75, 3.05) is 7.11 Å². The van der Waals surface area contributed by atoms with E-state index in [9.17, 15) is 9.18 Å². The lowest BCUT2D eigenvalue weighted by molar-refractivity contribution is 0.237. The Hall–Kier alpha value is -1.38. The molecular formula is C12H11ClFNO2. The maximum atomic E-state index is 14.1. The second-order valence-electron chi connectivity index (χ2n) is 4.03. The Morgan fingerprint density at radius 1 is 1.53 bits per heavy atom. The van der Waals surface area contributed by atoms with E-state index < -0.39 is 11.4 Å². The smallest absolute Gasteiger partial charge is 0.235 e. The highest BCUT2D eigenvalue weighted by Gasteiger charge is 2.43. The first kappa shape index (κ1) is 12.1. The van der Waals surface area contributed by atoms with Gasteiger partial charge in [-0.2, -0.15) is 4.99 Å². The van der Waals surface area contributed by atoms with Crippen molar-refractivity contribution < 1.29 is 13.9 Å². The van der Waals surface area contributed by atoms with Crippen molar-refractivity contribution in [2.45, 2.75) is 24.8 Å². The highest BCUT2D eigenvalue weighted by atomic mass is 35.5. The van der Waals surface area contributed by atoms with E-state index >= 15 is 0 Å². The van der Waals surface area contributed by atoms with E-state index in [-0.39, 0.29) is 10.6 Å². The van der Waals surface area contributed by atoms with Gasteiger partial charge in [0, 0.05) is 0 Å². The minimum absolute atomic E-state index is 0.00757. The number of methoxy groups -OCH3 is 1. The highest BCUT2D eigenvalue weighted by Crippen LogP contribution is 2.49. The average molecular weight is 256 g/mol. The molecule has 0 amide bonds. The zero-order valence-electron chi connectivity index (χ0n) is 9.30. The van der Waals surface area contributed by atoms with Crippen molar-refractivity contribution in [3.8, 4) is 5.75 Å². The summed E-state index contributed by atoms with van der Waals surface area (Å²) in [5.74, 6) is -0.199. The standard InChI is InChI=1S/C12H11ClFNO2/c1-17-9-4-3-8(13)11(14)10(9)12(15-7-16)5-2-6-12/h3-4H,2,5-6H2,1H3. The predicted octanol–water partition coefficient (Wildman–Crippen LogP) is 3.20. The first-order valence-electron chi connectivity index (χ1n) is 5.26. The molecule has 1 aromatic rings. The molecule has 0 spiro atoms. The van der Waals surface area contributed by atoms with Crippen LogP contribution in [-0.4, -0.2) is 13.2 Å². The second kappa shape index (κ2) is 4.47. The third-order valence-electron chi connectivity index (χ3n) is 3.18. The summed E-state index contributed by atoms with van der Waals surface area (Å²) in [6.07, 6.45) is 3.62. The summed E-state index contributed by atoms with van der Waals surface area (Å²) in [5.41, 5.74) is -0.579. The van der Waals surface area contributed by atoms with Crippen molar-refractivity contribution in [3.05, 3.63) is 28.5 Å². The summed E-state index contributed by atoms with van der Waals surface area (Å²) in [6.45, 7) is 0. The van der Waals surface area contributed by atoms with Gasteiger partial charge in [-0.1, -0.05) is 11.6 Å². The number of ether oxygens (including phenoxy) is 1. The van der Waals surface area contributed by atoms with Crippen molar-refractivity contribution >= 4 is 17.7 Å². The van der Waals surface area contributed by atoms with Gasteiger partial charge in [-0.15, -0.1) is 0 Å². The van der Waals surface area contributed by atoms with Gasteiger partial charge in [0.15, 0.2) is 5.82 Å². The molecule has 0 bridgehead atoms. The lowest BCUT2D eigenvalue weighted by Gasteiger charge is -2.38. The third kappa shape index (κ3) is 1.84. The molecule has 0 N–H and O–H groups in total. The molecule has 90 valence electrons. The summed E-state index contributed by atoms with van der Waals surface area (Å²) < 4.78 is 19.2. The Balaban J connectivity index is 2.63. The van der Waals surface area contributed by atoms with Crippen molar-refractivity contribution in [3.63, 3.8) is 0 Å². The van der Waals surface area contributed by atoms with Gasteiger partial charge in [0.2, 0.25) is 6.08 Å². The molecule has 0 radical (unpaired) electrons. The molecule has 0 aliphatic heterocycles. The van der Waals surface area contributed by atoms with Crippen LogP contribution in [0.3, 0.4) is 0 Å². The lowest BCUT2D eigenvalue weighted by atomic mass is 9.72. The number of isocyanates is 1. The minimum atomic E-state index is -0.845. The molecule has 17 heavy (non-hydrogen) atoms. The first-order chi connectivity index (χ1) is 8.14. The maximum absolute atomic E-state index is 14.1. The molecular weight excluding hydrogens is 245 g/mol. The molecule has 0 atom stereocenters. The first-order valence-corrected chi connectivity index (χ1v) is 5.64. The monoisotopic (exact) mass is 255 g/mol. The summed E-state index contributed by atoms with van der Waals surface area (Å²) >= 11 is 5.76. The molecule has 1 aromatic carbocycles. The number of aliphatic imine (C=N–C) groups is 1. The summed E-state index contributed by atoms with van der Waals surface area (Å²) in [7, 11) is 1.45. The van der Waals surface area contributed by atoms with Gasteiger partial charge in [-0.3, -0.25) is 0 Å². The molecule has 3 nitrogen and oxygen atoms in total. The molecule has 0 saturated heterocycles. The Bertz CT molecular complexity index is 494. The third-order valence-corrected chi connectivity index (χ3v) is 3.47. The zero-order chi connectivity index (χ0) is 12.5. The molecule has 1 saturated carbocycles. The number of hydrogen-bond acceptors (Lipinski definition) is 3. The molecule has 1 aliphatic rings. The van der Waals surface area contributed by atoms with Gasteiger partial charge in [0.1, 0.15) is 11.3 Å². The molecule has 0 heterocycles. The summed E-state index contributed by atoms with van der Waals surface area (Å²) in [5, 5.41) is 0.00757. The number of nitrogens with zero attached hydrogens (tertiary/aromatic N) is 1. The van der Waals surface area contributed by atoms with Gasteiger partial charge < -0.3 is 4.74 Å². The fraction of sp³-hybridized carbons (Fsp3) is 0.417. The molecule has 0 aromatic heterocycles. The molecule has 2 rings (SSSR count). The van der Waals surface area contributed by atoms with Crippen LogP contribution in [-0.2, 0) is 10.3 Å². The number of benzene rings is 1. The van der Waals surface area contributed by atoms with Gasteiger partial charge in [-0.05, 0) is 31.4 Å². The van der Waals surface area contributed by atoms with Crippen molar-refractivity contribution in [1.29, 1.82) is 0 Å². The van der Waals surface area contributed by atoms with Crippen LogP contribution in [0.2, 0.25) is 5.02 Å². The molecule has 1 aliphatic carbocycles. The van der Waals surface area contributed by atoms with Crippen LogP contribution in [0.15, 0.2) is 17.1 Å². The van der Waals surface area contributed by atoms with E-state index in [4.69, 9.17) is 16.3 Å². The van der Waals surface area contributed by atoms with E-state index in [0.717, 1.165) is 6.42 Å². The zero-order valence-corrected chi connectivity index (χ0v) is 10.1. The van der Waals surface area contributed by atoms with Crippen molar-refractivity contribution in [2.24, 2.45) is 4.99 Å².